The summed E-state index contributed by atoms with van der Waals surface area (Å²) < 4.78 is 30.7. The standard InChI is InChI=1S/C18H21F2N5S/c1-24-17(11-5-7-22-8-6-11)14(9-23-24)25-10-15(21)26-18(25)16-12(19)3-2-4-13(16)20/h2-4,9-11,18,22H,5-8,21H2,1H3. The van der Waals surface area contributed by atoms with E-state index in [0.29, 0.717) is 10.9 Å². The van der Waals surface area contributed by atoms with Gasteiger partial charge >= 0.3 is 0 Å². The summed E-state index contributed by atoms with van der Waals surface area (Å²) in [6, 6.07) is 3.94. The number of hydrogen-bond donors (Lipinski definition) is 2. The normalized spacial score (nSPS) is 21.3. The quantitative estimate of drug-likeness (QED) is 0.860. The Kier molecular flexibility index (Phi) is 4.62. The second-order valence-corrected chi connectivity index (χ2v) is 7.76. The van der Waals surface area contributed by atoms with Crippen LogP contribution in [0, 0.1) is 11.6 Å². The van der Waals surface area contributed by atoms with E-state index < -0.39 is 17.0 Å². The van der Waals surface area contributed by atoms with Crippen LogP contribution in [0.2, 0.25) is 0 Å². The van der Waals surface area contributed by atoms with E-state index in [9.17, 15) is 8.78 Å². The Morgan fingerprint density at radius 3 is 2.62 bits per heavy atom. The molecule has 1 saturated heterocycles. The number of hydrogen-bond acceptors (Lipinski definition) is 5. The van der Waals surface area contributed by atoms with Gasteiger partial charge in [-0.3, -0.25) is 4.68 Å². The van der Waals surface area contributed by atoms with E-state index in [1.165, 1.54) is 30.0 Å². The third kappa shape index (κ3) is 2.97. The van der Waals surface area contributed by atoms with Crippen LogP contribution in [0.4, 0.5) is 14.5 Å². The number of nitrogens with zero attached hydrogens (tertiary/aromatic N) is 3. The minimum atomic E-state index is -0.583. The average Bonchev–Trinajstić information content (AvgIpc) is 3.18. The van der Waals surface area contributed by atoms with Crippen LogP contribution >= 0.6 is 11.8 Å². The van der Waals surface area contributed by atoms with Crippen LogP contribution in [-0.4, -0.2) is 22.9 Å². The van der Waals surface area contributed by atoms with Crippen molar-refractivity contribution in [3.05, 3.63) is 58.5 Å². The van der Waals surface area contributed by atoms with Gasteiger partial charge in [0.05, 0.1) is 28.2 Å². The Hall–Kier alpha value is -2.06. The molecule has 1 aromatic heterocycles. The molecule has 1 fully saturated rings. The van der Waals surface area contributed by atoms with E-state index in [-0.39, 0.29) is 5.56 Å². The number of rotatable bonds is 3. The van der Waals surface area contributed by atoms with Gasteiger partial charge < -0.3 is 16.0 Å². The van der Waals surface area contributed by atoms with E-state index >= 15 is 0 Å². The van der Waals surface area contributed by atoms with Gasteiger partial charge in [-0.1, -0.05) is 17.8 Å². The molecule has 5 nitrogen and oxygen atoms in total. The molecule has 4 rings (SSSR count). The summed E-state index contributed by atoms with van der Waals surface area (Å²) in [6.45, 7) is 1.90. The van der Waals surface area contributed by atoms with E-state index in [0.717, 1.165) is 37.3 Å². The van der Waals surface area contributed by atoms with Crippen LogP contribution in [0.25, 0.3) is 0 Å². The van der Waals surface area contributed by atoms with Gasteiger partial charge in [0.2, 0.25) is 0 Å². The zero-order valence-electron chi connectivity index (χ0n) is 14.5. The summed E-state index contributed by atoms with van der Waals surface area (Å²) in [6.07, 6.45) is 5.53. The second-order valence-electron chi connectivity index (χ2n) is 6.61. The van der Waals surface area contributed by atoms with Gasteiger partial charge in [0.1, 0.15) is 17.0 Å². The zero-order chi connectivity index (χ0) is 18.3. The molecule has 1 unspecified atom stereocenters. The number of piperidine rings is 1. The second kappa shape index (κ2) is 6.92. The molecule has 0 bridgehead atoms. The fourth-order valence-electron chi connectivity index (χ4n) is 3.76. The van der Waals surface area contributed by atoms with Gasteiger partial charge in [-0.15, -0.1) is 0 Å². The Labute approximate surface area is 155 Å². The number of thioether (sulfide) groups is 1. The van der Waals surface area contributed by atoms with Crippen molar-refractivity contribution in [1.82, 2.24) is 15.1 Å². The minimum absolute atomic E-state index is 0.0225. The average molecular weight is 377 g/mol. The van der Waals surface area contributed by atoms with Crippen molar-refractivity contribution < 1.29 is 8.78 Å². The van der Waals surface area contributed by atoms with Crippen molar-refractivity contribution in [2.24, 2.45) is 12.8 Å². The lowest BCUT2D eigenvalue weighted by Crippen LogP contribution is -2.29. The van der Waals surface area contributed by atoms with Crippen LogP contribution in [0.3, 0.4) is 0 Å². The van der Waals surface area contributed by atoms with Crippen molar-refractivity contribution in [3.63, 3.8) is 0 Å². The van der Waals surface area contributed by atoms with Gasteiger partial charge in [0.25, 0.3) is 0 Å². The Balaban J connectivity index is 1.76. The van der Waals surface area contributed by atoms with Crippen molar-refractivity contribution in [2.75, 3.05) is 18.0 Å². The summed E-state index contributed by atoms with van der Waals surface area (Å²) in [4.78, 5) is 1.85. The lowest BCUT2D eigenvalue weighted by molar-refractivity contribution is 0.440. The molecule has 26 heavy (non-hydrogen) atoms. The molecule has 2 aliphatic rings. The van der Waals surface area contributed by atoms with Crippen molar-refractivity contribution >= 4 is 17.4 Å². The van der Waals surface area contributed by atoms with Crippen molar-refractivity contribution in [1.29, 1.82) is 0 Å². The van der Waals surface area contributed by atoms with Crippen molar-refractivity contribution in [3.8, 4) is 0 Å². The molecular formula is C18H21F2N5S. The number of aryl methyl sites for hydroxylation is 1. The molecule has 2 aliphatic heterocycles. The molecule has 2 aromatic rings. The van der Waals surface area contributed by atoms with Crippen LogP contribution in [0.5, 0.6) is 0 Å². The highest BCUT2D eigenvalue weighted by molar-refractivity contribution is 8.03. The maximum absolute atomic E-state index is 14.4. The fourth-order valence-corrected chi connectivity index (χ4v) is 4.83. The Morgan fingerprint density at radius 2 is 1.92 bits per heavy atom. The first-order chi connectivity index (χ1) is 12.6. The largest absolute Gasteiger partial charge is 0.392 e. The molecule has 0 amide bonds. The summed E-state index contributed by atoms with van der Waals surface area (Å²) in [5, 5.41) is 7.73. The highest BCUT2D eigenvalue weighted by atomic mass is 32.2. The van der Waals surface area contributed by atoms with Crippen LogP contribution in [-0.2, 0) is 7.05 Å². The molecule has 0 aliphatic carbocycles. The number of aromatic nitrogens is 2. The van der Waals surface area contributed by atoms with Crippen LogP contribution < -0.4 is 16.0 Å². The summed E-state index contributed by atoms with van der Waals surface area (Å²) >= 11 is 1.25. The monoisotopic (exact) mass is 377 g/mol. The van der Waals surface area contributed by atoms with Crippen LogP contribution in [0.1, 0.15) is 35.4 Å². The molecule has 8 heteroatoms. The molecule has 1 atom stereocenters. The van der Waals surface area contributed by atoms with Gasteiger partial charge in [-0.25, -0.2) is 8.78 Å². The number of anilines is 1. The first kappa shape index (κ1) is 17.4. The molecule has 3 heterocycles. The number of benzene rings is 1. The fraction of sp³-hybridized carbons (Fsp3) is 0.389. The number of halogens is 2. The lowest BCUT2D eigenvalue weighted by Gasteiger charge is -2.29. The van der Waals surface area contributed by atoms with Gasteiger partial charge in [0, 0.05) is 19.2 Å². The maximum atomic E-state index is 14.4. The van der Waals surface area contributed by atoms with E-state index in [2.05, 4.69) is 10.4 Å². The zero-order valence-corrected chi connectivity index (χ0v) is 15.3. The Bertz CT molecular complexity index is 824. The van der Waals surface area contributed by atoms with E-state index in [4.69, 9.17) is 5.73 Å². The highest BCUT2D eigenvalue weighted by Crippen LogP contribution is 2.48. The molecule has 0 radical (unpaired) electrons. The molecular weight excluding hydrogens is 356 g/mol. The number of nitrogens with one attached hydrogen (secondary N) is 1. The number of nitrogens with two attached hydrogens (primary N) is 1. The predicted molar refractivity (Wildman–Crippen MR) is 99.5 cm³/mol. The lowest BCUT2D eigenvalue weighted by atomic mass is 9.93. The third-order valence-corrected chi connectivity index (χ3v) is 6.05. The minimum Gasteiger partial charge on any atom is -0.392 e. The topological polar surface area (TPSA) is 59.1 Å². The van der Waals surface area contributed by atoms with E-state index in [1.807, 2.05) is 16.6 Å². The summed E-state index contributed by atoms with van der Waals surface area (Å²) in [5.74, 6) is -0.782. The van der Waals surface area contributed by atoms with Crippen molar-refractivity contribution in [2.45, 2.75) is 24.1 Å². The van der Waals surface area contributed by atoms with Gasteiger partial charge in [-0.05, 0) is 38.1 Å². The SMILES string of the molecule is Cn1ncc(N2C=C(N)SC2c2c(F)cccc2F)c1C1CCNCC1. The molecule has 3 N–H and O–H groups in total. The molecule has 138 valence electrons. The maximum Gasteiger partial charge on any atom is 0.132 e. The smallest absolute Gasteiger partial charge is 0.132 e. The molecule has 1 aromatic carbocycles. The molecule has 0 spiro atoms. The first-order valence-electron chi connectivity index (χ1n) is 8.65. The summed E-state index contributed by atoms with van der Waals surface area (Å²) in [7, 11) is 1.91. The van der Waals surface area contributed by atoms with Gasteiger partial charge in [0.15, 0.2) is 0 Å². The highest BCUT2D eigenvalue weighted by Gasteiger charge is 2.35. The molecule has 0 saturated carbocycles. The van der Waals surface area contributed by atoms with Gasteiger partial charge in [-0.2, -0.15) is 5.10 Å². The third-order valence-electron chi connectivity index (χ3n) is 4.98. The predicted octanol–water partition coefficient (Wildman–Crippen LogP) is 3.17. The summed E-state index contributed by atoms with van der Waals surface area (Å²) in [5.41, 5.74) is 7.99. The Morgan fingerprint density at radius 1 is 1.23 bits per heavy atom. The van der Waals surface area contributed by atoms with E-state index in [1.54, 1.807) is 12.4 Å². The van der Waals surface area contributed by atoms with Crippen LogP contribution in [0.15, 0.2) is 35.6 Å². The first-order valence-corrected chi connectivity index (χ1v) is 9.53.